The lowest BCUT2D eigenvalue weighted by molar-refractivity contribution is 0.0950. The molecule has 0 radical (unpaired) electrons. The summed E-state index contributed by atoms with van der Waals surface area (Å²) in [6.07, 6.45) is 3.28. The van der Waals surface area contributed by atoms with E-state index in [9.17, 15) is 18.4 Å². The third-order valence-electron chi connectivity index (χ3n) is 5.37. The van der Waals surface area contributed by atoms with Gasteiger partial charge in [-0.05, 0) is 43.2 Å². The maximum absolute atomic E-state index is 14.4. The van der Waals surface area contributed by atoms with E-state index >= 15 is 0 Å². The van der Waals surface area contributed by atoms with E-state index in [2.05, 4.69) is 10.4 Å². The monoisotopic (exact) mass is 470 g/mol. The number of carbonyl (C=O) groups is 1. The second-order valence-corrected chi connectivity index (χ2v) is 8.20. The summed E-state index contributed by atoms with van der Waals surface area (Å²) in [4.78, 5) is 25.0. The second-order valence-electron chi connectivity index (χ2n) is 7.79. The number of aryl methyl sites for hydroxylation is 1. The van der Waals surface area contributed by atoms with Gasteiger partial charge in [-0.3, -0.25) is 14.2 Å². The number of rotatable bonds is 5. The van der Waals surface area contributed by atoms with E-state index in [1.54, 1.807) is 6.07 Å². The minimum Gasteiger partial charge on any atom is -0.455 e. The summed E-state index contributed by atoms with van der Waals surface area (Å²) in [5.74, 6) is -1.34. The molecule has 168 valence electrons. The van der Waals surface area contributed by atoms with E-state index in [0.717, 1.165) is 35.7 Å². The summed E-state index contributed by atoms with van der Waals surface area (Å²) < 4.78 is 36.5. The van der Waals surface area contributed by atoms with Gasteiger partial charge in [0.15, 0.2) is 0 Å². The van der Waals surface area contributed by atoms with Gasteiger partial charge in [0.25, 0.3) is 11.5 Å². The Labute approximate surface area is 191 Å². The van der Waals surface area contributed by atoms with Gasteiger partial charge in [-0.2, -0.15) is 5.10 Å². The fourth-order valence-electron chi connectivity index (χ4n) is 3.48. The standard InChI is InChI=1S/C23H17ClF2N4O3/c1-29-21(31)10-19(15-11-27-30(23(15)29)18-9-13(25)3-7-17(18)26)33-20-8-12(2-6-16(20)24)22(32)28-14-4-5-14/h2-3,6-11,14H,4-5H2,1H3,(H,28,32). The largest absolute Gasteiger partial charge is 0.455 e. The van der Waals surface area contributed by atoms with Crippen molar-refractivity contribution in [1.82, 2.24) is 19.7 Å². The molecular weight excluding hydrogens is 454 g/mol. The molecule has 0 aliphatic heterocycles. The van der Waals surface area contributed by atoms with Crippen molar-refractivity contribution >= 4 is 28.5 Å². The van der Waals surface area contributed by atoms with Crippen molar-refractivity contribution in [3.63, 3.8) is 0 Å². The topological polar surface area (TPSA) is 78.2 Å². The molecule has 2 aromatic heterocycles. The van der Waals surface area contributed by atoms with Crippen LogP contribution in [-0.2, 0) is 7.05 Å². The van der Waals surface area contributed by atoms with Gasteiger partial charge in [0.1, 0.15) is 34.5 Å². The molecule has 33 heavy (non-hydrogen) atoms. The van der Waals surface area contributed by atoms with Crippen LogP contribution in [0.5, 0.6) is 11.5 Å². The Balaban J connectivity index is 1.59. The minimum atomic E-state index is -0.711. The number of ether oxygens (including phenoxy) is 1. The first kappa shape index (κ1) is 21.1. The van der Waals surface area contributed by atoms with Gasteiger partial charge in [-0.15, -0.1) is 0 Å². The third kappa shape index (κ3) is 3.95. The number of halogens is 3. The van der Waals surface area contributed by atoms with Gasteiger partial charge in [0.05, 0.1) is 16.6 Å². The molecule has 0 atom stereocenters. The molecule has 10 heteroatoms. The third-order valence-corrected chi connectivity index (χ3v) is 5.69. The van der Waals surface area contributed by atoms with Crippen LogP contribution in [0.1, 0.15) is 23.2 Å². The van der Waals surface area contributed by atoms with E-state index in [4.69, 9.17) is 16.3 Å². The van der Waals surface area contributed by atoms with Gasteiger partial charge in [-0.25, -0.2) is 13.5 Å². The zero-order chi connectivity index (χ0) is 23.3. The van der Waals surface area contributed by atoms with Crippen LogP contribution in [0, 0.1) is 11.6 Å². The highest BCUT2D eigenvalue weighted by atomic mass is 35.5. The first-order chi connectivity index (χ1) is 15.8. The molecule has 1 aliphatic rings. The molecule has 2 aromatic carbocycles. The number of fused-ring (bicyclic) bond motifs is 1. The van der Waals surface area contributed by atoms with E-state index < -0.39 is 17.2 Å². The van der Waals surface area contributed by atoms with Gasteiger partial charge >= 0.3 is 0 Å². The molecular formula is C23H17ClF2N4O3. The van der Waals surface area contributed by atoms with Crippen LogP contribution in [-0.4, -0.2) is 26.3 Å². The molecule has 1 N–H and O–H groups in total. The highest BCUT2D eigenvalue weighted by Crippen LogP contribution is 2.34. The number of pyridine rings is 1. The average molecular weight is 471 g/mol. The maximum Gasteiger partial charge on any atom is 0.255 e. The number of aromatic nitrogens is 3. The predicted octanol–water partition coefficient (Wildman–Crippen LogP) is 4.34. The summed E-state index contributed by atoms with van der Waals surface area (Å²) in [5.41, 5.74) is -0.0663. The van der Waals surface area contributed by atoms with Crippen molar-refractivity contribution in [2.45, 2.75) is 18.9 Å². The van der Waals surface area contributed by atoms with Crippen LogP contribution in [0.25, 0.3) is 16.7 Å². The molecule has 1 aliphatic carbocycles. The number of nitrogens with zero attached hydrogens (tertiary/aromatic N) is 3. The molecule has 0 unspecified atom stereocenters. The van der Waals surface area contributed by atoms with E-state index in [1.807, 2.05) is 0 Å². The van der Waals surface area contributed by atoms with Crippen molar-refractivity contribution in [2.75, 3.05) is 0 Å². The Morgan fingerprint density at radius 1 is 1.15 bits per heavy atom. The number of amides is 1. The molecule has 0 spiro atoms. The molecule has 1 amide bonds. The lowest BCUT2D eigenvalue weighted by atomic mass is 10.2. The summed E-state index contributed by atoms with van der Waals surface area (Å²) in [5, 5.41) is 7.64. The fraction of sp³-hybridized carbons (Fsp3) is 0.174. The van der Waals surface area contributed by atoms with E-state index in [-0.39, 0.29) is 39.8 Å². The quantitative estimate of drug-likeness (QED) is 0.470. The molecule has 4 aromatic rings. The van der Waals surface area contributed by atoms with Gasteiger partial charge in [-0.1, -0.05) is 11.6 Å². The Hall–Kier alpha value is -3.72. The lowest BCUT2D eigenvalue weighted by Gasteiger charge is -2.13. The maximum atomic E-state index is 14.4. The van der Waals surface area contributed by atoms with Crippen LogP contribution < -0.4 is 15.6 Å². The predicted molar refractivity (Wildman–Crippen MR) is 118 cm³/mol. The van der Waals surface area contributed by atoms with Crippen molar-refractivity contribution in [3.05, 3.63) is 81.2 Å². The fourth-order valence-corrected chi connectivity index (χ4v) is 3.63. The average Bonchev–Trinajstić information content (AvgIpc) is 3.49. The zero-order valence-corrected chi connectivity index (χ0v) is 18.1. The Morgan fingerprint density at radius 2 is 1.94 bits per heavy atom. The summed E-state index contributed by atoms with van der Waals surface area (Å²) in [6, 6.07) is 8.98. The zero-order valence-electron chi connectivity index (χ0n) is 17.3. The lowest BCUT2D eigenvalue weighted by Crippen LogP contribution is -2.25. The molecule has 7 nitrogen and oxygen atoms in total. The SMILES string of the molecule is Cn1c(=O)cc(Oc2cc(C(=O)NC3CC3)ccc2Cl)c2cnn(-c3cc(F)ccc3F)c21. The van der Waals surface area contributed by atoms with Gasteiger partial charge in [0.2, 0.25) is 0 Å². The molecule has 0 saturated heterocycles. The van der Waals surface area contributed by atoms with Gasteiger partial charge in [0, 0.05) is 30.8 Å². The summed E-state index contributed by atoms with van der Waals surface area (Å²) in [7, 11) is 1.49. The summed E-state index contributed by atoms with van der Waals surface area (Å²) >= 11 is 6.28. The van der Waals surface area contributed by atoms with Gasteiger partial charge < -0.3 is 10.1 Å². The van der Waals surface area contributed by atoms with Crippen LogP contribution in [0.4, 0.5) is 8.78 Å². The second kappa shape index (κ2) is 8.00. The molecule has 5 rings (SSSR count). The highest BCUT2D eigenvalue weighted by Gasteiger charge is 2.24. The first-order valence-corrected chi connectivity index (χ1v) is 10.5. The number of hydrogen-bond donors (Lipinski definition) is 1. The Morgan fingerprint density at radius 3 is 2.70 bits per heavy atom. The van der Waals surface area contributed by atoms with Crippen LogP contribution in [0.15, 0.2) is 53.5 Å². The highest BCUT2D eigenvalue weighted by molar-refractivity contribution is 6.32. The van der Waals surface area contributed by atoms with Crippen molar-refractivity contribution in [3.8, 4) is 17.2 Å². The van der Waals surface area contributed by atoms with E-state index in [0.29, 0.717) is 10.9 Å². The number of benzene rings is 2. The molecule has 0 bridgehead atoms. The van der Waals surface area contributed by atoms with Crippen molar-refractivity contribution in [2.24, 2.45) is 7.05 Å². The Bertz CT molecular complexity index is 1480. The number of nitrogens with one attached hydrogen (secondary N) is 1. The van der Waals surface area contributed by atoms with Crippen molar-refractivity contribution in [1.29, 1.82) is 0 Å². The smallest absolute Gasteiger partial charge is 0.255 e. The van der Waals surface area contributed by atoms with Crippen LogP contribution in [0.3, 0.4) is 0 Å². The normalized spacial score (nSPS) is 13.3. The molecule has 1 saturated carbocycles. The first-order valence-electron chi connectivity index (χ1n) is 10.1. The van der Waals surface area contributed by atoms with Crippen molar-refractivity contribution < 1.29 is 18.3 Å². The number of carbonyl (C=O) groups excluding carboxylic acids is 1. The number of hydrogen-bond acceptors (Lipinski definition) is 4. The van der Waals surface area contributed by atoms with Crippen LogP contribution in [0.2, 0.25) is 5.02 Å². The Kier molecular flexibility index (Phi) is 5.13. The molecule has 1 fully saturated rings. The molecule has 2 heterocycles. The van der Waals surface area contributed by atoms with E-state index in [1.165, 1.54) is 36.0 Å². The minimum absolute atomic E-state index is 0.109. The summed E-state index contributed by atoms with van der Waals surface area (Å²) in [6.45, 7) is 0. The van der Waals surface area contributed by atoms with Crippen LogP contribution >= 0.6 is 11.6 Å².